The van der Waals surface area contributed by atoms with Crippen LogP contribution < -0.4 is 0 Å². The molecule has 0 N–H and O–H groups in total. The lowest BCUT2D eigenvalue weighted by Gasteiger charge is -2.12. The minimum absolute atomic E-state index is 1.10. The van der Waals surface area contributed by atoms with Crippen LogP contribution in [0.15, 0.2) is 54.1 Å². The van der Waals surface area contributed by atoms with Gasteiger partial charge >= 0.3 is 0 Å². The van der Waals surface area contributed by atoms with Crippen LogP contribution in [0, 0.1) is 0 Å². The average molecular weight is 256 g/mol. The maximum atomic E-state index is 2.46. The first-order valence-electron chi connectivity index (χ1n) is 7.55. The van der Waals surface area contributed by atoms with Gasteiger partial charge in [0.25, 0.3) is 0 Å². The molecular weight excluding hydrogens is 240 g/mol. The standard InChI is InChI=1S/C20H16/c1-3-7-17-13(5-1)11-15-9-10-16-12-14-6-2-4-8-18(14)20(16)19(15)17/h1,3,5-10H,2,4,11-12H2. The van der Waals surface area contributed by atoms with Gasteiger partial charge in [-0.05, 0) is 70.2 Å². The van der Waals surface area contributed by atoms with Crippen molar-refractivity contribution in [1.29, 1.82) is 0 Å². The lowest BCUT2D eigenvalue weighted by Crippen LogP contribution is -1.91. The molecule has 0 spiro atoms. The van der Waals surface area contributed by atoms with Gasteiger partial charge in [0.05, 0.1) is 0 Å². The molecule has 3 aliphatic rings. The predicted molar refractivity (Wildman–Crippen MR) is 83.7 cm³/mol. The van der Waals surface area contributed by atoms with Crippen LogP contribution in [0.4, 0.5) is 0 Å². The van der Waals surface area contributed by atoms with Crippen molar-refractivity contribution in [2.45, 2.75) is 25.7 Å². The van der Waals surface area contributed by atoms with E-state index in [0.29, 0.717) is 0 Å². The Hall–Kier alpha value is -2.08. The monoisotopic (exact) mass is 256 g/mol. The Kier molecular flexibility index (Phi) is 1.99. The van der Waals surface area contributed by atoms with E-state index in [1.807, 2.05) is 0 Å². The van der Waals surface area contributed by atoms with Gasteiger partial charge in [-0.25, -0.2) is 0 Å². The first-order chi connectivity index (χ1) is 9.92. The second kappa shape index (κ2) is 3.73. The molecule has 0 atom stereocenters. The fourth-order valence-corrected chi connectivity index (χ4v) is 4.08. The highest BCUT2D eigenvalue weighted by Gasteiger charge is 2.30. The Bertz CT molecular complexity index is 803. The van der Waals surface area contributed by atoms with Crippen molar-refractivity contribution in [2.24, 2.45) is 0 Å². The molecule has 0 heterocycles. The normalized spacial score (nSPS) is 17.8. The lowest BCUT2D eigenvalue weighted by atomic mass is 9.91. The van der Waals surface area contributed by atoms with Crippen LogP contribution in [0.3, 0.4) is 0 Å². The van der Waals surface area contributed by atoms with E-state index >= 15 is 0 Å². The van der Waals surface area contributed by atoms with Crippen LogP contribution >= 0.6 is 0 Å². The Balaban J connectivity index is 1.85. The lowest BCUT2D eigenvalue weighted by molar-refractivity contribution is 1.02. The fourth-order valence-electron chi connectivity index (χ4n) is 4.08. The van der Waals surface area contributed by atoms with E-state index < -0.39 is 0 Å². The molecular formula is C20H16. The molecule has 0 aromatic heterocycles. The van der Waals surface area contributed by atoms with Gasteiger partial charge in [0.2, 0.25) is 0 Å². The third-order valence-corrected chi connectivity index (χ3v) is 4.95. The van der Waals surface area contributed by atoms with Crippen LogP contribution in [-0.4, -0.2) is 0 Å². The molecule has 0 bridgehead atoms. The summed E-state index contributed by atoms with van der Waals surface area (Å²) in [5.41, 5.74) is 12.1. The third kappa shape index (κ3) is 1.27. The second-order valence-electron chi connectivity index (χ2n) is 6.07. The molecule has 3 aliphatic carbocycles. The molecule has 96 valence electrons. The molecule has 0 nitrogen and oxygen atoms in total. The van der Waals surface area contributed by atoms with E-state index in [0.717, 1.165) is 12.8 Å². The molecule has 0 heteroatoms. The van der Waals surface area contributed by atoms with Crippen LogP contribution in [0.1, 0.15) is 35.1 Å². The zero-order chi connectivity index (χ0) is 13.1. The largest absolute Gasteiger partial charge is 0.0801 e. The summed E-state index contributed by atoms with van der Waals surface area (Å²) >= 11 is 0. The number of hydrogen-bond acceptors (Lipinski definition) is 0. The topological polar surface area (TPSA) is 0 Å². The summed E-state index contributed by atoms with van der Waals surface area (Å²) in [6, 6.07) is 13.6. The van der Waals surface area contributed by atoms with Crippen LogP contribution in [0.25, 0.3) is 16.7 Å². The Morgan fingerprint density at radius 2 is 1.45 bits per heavy atom. The maximum absolute atomic E-state index is 2.46. The molecule has 0 saturated heterocycles. The Labute approximate surface area is 119 Å². The van der Waals surface area contributed by atoms with E-state index in [-0.39, 0.29) is 0 Å². The molecule has 0 amide bonds. The third-order valence-electron chi connectivity index (χ3n) is 4.95. The molecule has 20 heavy (non-hydrogen) atoms. The number of rotatable bonds is 0. The molecule has 5 rings (SSSR count). The van der Waals surface area contributed by atoms with E-state index in [1.165, 1.54) is 46.2 Å². The van der Waals surface area contributed by atoms with Gasteiger partial charge in [-0.1, -0.05) is 48.6 Å². The second-order valence-corrected chi connectivity index (χ2v) is 6.07. The highest BCUT2D eigenvalue weighted by Crippen LogP contribution is 2.49. The van der Waals surface area contributed by atoms with Crippen molar-refractivity contribution in [3.63, 3.8) is 0 Å². The number of fused-ring (bicyclic) bond motifs is 7. The first kappa shape index (κ1) is 10.7. The zero-order valence-corrected chi connectivity index (χ0v) is 11.4. The highest BCUT2D eigenvalue weighted by molar-refractivity contribution is 5.97. The van der Waals surface area contributed by atoms with Crippen LogP contribution in [0.2, 0.25) is 0 Å². The minimum Gasteiger partial charge on any atom is -0.0801 e. The Morgan fingerprint density at radius 3 is 2.40 bits per heavy atom. The highest BCUT2D eigenvalue weighted by atomic mass is 14.3. The summed E-state index contributed by atoms with van der Waals surface area (Å²) in [6.07, 6.45) is 9.56. The molecule has 0 saturated carbocycles. The Morgan fingerprint density at radius 1 is 0.650 bits per heavy atom. The van der Waals surface area contributed by atoms with Crippen molar-refractivity contribution in [3.05, 3.63) is 76.4 Å². The summed E-state index contributed by atoms with van der Waals surface area (Å²) in [6.45, 7) is 0. The maximum Gasteiger partial charge on any atom is -0.00132 e. The summed E-state index contributed by atoms with van der Waals surface area (Å²) in [4.78, 5) is 0. The van der Waals surface area contributed by atoms with Gasteiger partial charge in [-0.15, -0.1) is 0 Å². The van der Waals surface area contributed by atoms with Crippen LogP contribution in [0.5, 0.6) is 0 Å². The van der Waals surface area contributed by atoms with Crippen molar-refractivity contribution >= 4 is 5.57 Å². The van der Waals surface area contributed by atoms with E-state index in [1.54, 1.807) is 11.1 Å². The van der Waals surface area contributed by atoms with Gasteiger partial charge in [0, 0.05) is 0 Å². The molecule has 2 aromatic rings. The SMILES string of the molecule is C1=C2Cc3ccc4c(c3C2=CCC1)-c1ccccc1C4. The zero-order valence-electron chi connectivity index (χ0n) is 11.4. The van der Waals surface area contributed by atoms with E-state index in [4.69, 9.17) is 0 Å². The van der Waals surface area contributed by atoms with E-state index in [2.05, 4.69) is 48.6 Å². The van der Waals surface area contributed by atoms with E-state index in [9.17, 15) is 0 Å². The van der Waals surface area contributed by atoms with Crippen molar-refractivity contribution in [2.75, 3.05) is 0 Å². The molecule has 0 radical (unpaired) electrons. The van der Waals surface area contributed by atoms with Crippen molar-refractivity contribution in [1.82, 2.24) is 0 Å². The number of benzene rings is 2. The van der Waals surface area contributed by atoms with Crippen molar-refractivity contribution < 1.29 is 0 Å². The summed E-state index contributed by atoms with van der Waals surface area (Å²) in [5, 5.41) is 0. The fraction of sp³-hybridized carbons (Fsp3) is 0.200. The summed E-state index contributed by atoms with van der Waals surface area (Å²) < 4.78 is 0. The molecule has 2 aromatic carbocycles. The van der Waals surface area contributed by atoms with Gasteiger partial charge < -0.3 is 0 Å². The molecule has 0 unspecified atom stereocenters. The predicted octanol–water partition coefficient (Wildman–Crippen LogP) is 4.92. The summed E-state index contributed by atoms with van der Waals surface area (Å²) in [7, 11) is 0. The number of allylic oxidation sites excluding steroid dienone is 4. The molecule has 0 fully saturated rings. The van der Waals surface area contributed by atoms with Gasteiger partial charge in [0.1, 0.15) is 0 Å². The van der Waals surface area contributed by atoms with Crippen LogP contribution in [-0.2, 0) is 12.8 Å². The van der Waals surface area contributed by atoms with Gasteiger partial charge in [-0.2, -0.15) is 0 Å². The number of hydrogen-bond donors (Lipinski definition) is 0. The smallest absolute Gasteiger partial charge is 0.00132 e. The molecule has 0 aliphatic heterocycles. The van der Waals surface area contributed by atoms with Gasteiger partial charge in [-0.3, -0.25) is 0 Å². The first-order valence-corrected chi connectivity index (χ1v) is 7.55. The van der Waals surface area contributed by atoms with Gasteiger partial charge in [0.15, 0.2) is 0 Å². The van der Waals surface area contributed by atoms with Crippen molar-refractivity contribution in [3.8, 4) is 11.1 Å². The quantitative estimate of drug-likeness (QED) is 0.535. The summed E-state index contributed by atoms with van der Waals surface area (Å²) in [5.74, 6) is 0. The minimum atomic E-state index is 1.10. The average Bonchev–Trinajstić information content (AvgIpc) is 3.04.